The Bertz CT molecular complexity index is 1490. The van der Waals surface area contributed by atoms with E-state index in [1.54, 1.807) is 0 Å². The molecule has 0 saturated heterocycles. The number of rotatable bonds is 58. The molecule has 6 heteroatoms. The minimum Gasteiger partial charge on any atom is -0.462 e. The maximum absolute atomic E-state index is 12.8. The van der Waals surface area contributed by atoms with Crippen molar-refractivity contribution in [1.82, 2.24) is 0 Å². The van der Waals surface area contributed by atoms with Gasteiger partial charge in [-0.2, -0.15) is 0 Å². The fourth-order valence-electron chi connectivity index (χ4n) is 9.07. The maximum Gasteiger partial charge on any atom is 0.306 e. The zero-order valence-electron chi connectivity index (χ0n) is 50.0. The summed E-state index contributed by atoms with van der Waals surface area (Å²) in [5.41, 5.74) is 0. The zero-order chi connectivity index (χ0) is 55.0. The molecule has 0 heterocycles. The van der Waals surface area contributed by atoms with Crippen molar-refractivity contribution in [2.24, 2.45) is 0 Å². The fourth-order valence-corrected chi connectivity index (χ4v) is 9.07. The van der Waals surface area contributed by atoms with E-state index >= 15 is 0 Å². The molecule has 0 aromatic carbocycles. The Balaban J connectivity index is 3.96. The molecule has 0 aromatic heterocycles. The van der Waals surface area contributed by atoms with Gasteiger partial charge in [0.05, 0.1) is 0 Å². The summed E-state index contributed by atoms with van der Waals surface area (Å²) < 4.78 is 16.8. The second-order valence-electron chi connectivity index (χ2n) is 21.3. The standard InChI is InChI=1S/C70H120O6/c1-4-7-10-13-16-18-20-22-24-26-27-28-29-30-31-32-33-34-35-36-37-38-39-40-41-42-43-45-46-48-50-52-54-57-60-63-69(72)75-66-67(65-74-68(71)62-59-56-15-12-9-6-3)76-70(73)64-61-58-55-53-51-49-47-44-25-23-21-19-17-14-11-8-5-2/h7-8,10-11,16-19,22-25,27-28,47,49,67H,4-6,9,12-15,20-21,26,29-46,48,50-66H2,1-3H3/b10-7-,11-8-,18-16-,19-17-,24-22-,25-23-,28-27-,49-47-. The second-order valence-corrected chi connectivity index (χ2v) is 21.3. The molecule has 0 aromatic rings. The van der Waals surface area contributed by atoms with Crippen molar-refractivity contribution < 1.29 is 28.6 Å². The number of carbonyl (C=O) groups excluding carboxylic acids is 3. The molecule has 0 aliphatic heterocycles. The molecular formula is C70H120O6. The van der Waals surface area contributed by atoms with Crippen LogP contribution in [-0.4, -0.2) is 37.2 Å². The normalized spacial score (nSPS) is 12.7. The predicted octanol–water partition coefficient (Wildman–Crippen LogP) is 22.0. The van der Waals surface area contributed by atoms with Gasteiger partial charge < -0.3 is 14.2 Å². The van der Waals surface area contributed by atoms with Crippen molar-refractivity contribution in [3.63, 3.8) is 0 Å². The molecule has 0 aliphatic rings. The summed E-state index contributed by atoms with van der Waals surface area (Å²) in [5.74, 6) is -0.908. The Morgan fingerprint density at radius 1 is 0.276 bits per heavy atom. The summed E-state index contributed by atoms with van der Waals surface area (Å²) in [6.45, 7) is 6.35. The van der Waals surface area contributed by atoms with Gasteiger partial charge >= 0.3 is 17.9 Å². The molecular weight excluding hydrogens is 937 g/mol. The van der Waals surface area contributed by atoms with E-state index in [0.717, 1.165) is 122 Å². The highest BCUT2D eigenvalue weighted by Gasteiger charge is 2.19. The van der Waals surface area contributed by atoms with E-state index in [1.165, 1.54) is 148 Å². The summed E-state index contributed by atoms with van der Waals surface area (Å²) in [6, 6.07) is 0. The first-order valence-electron chi connectivity index (χ1n) is 32.2. The molecule has 1 atom stereocenters. The van der Waals surface area contributed by atoms with Gasteiger partial charge in [0, 0.05) is 19.3 Å². The van der Waals surface area contributed by atoms with Crippen LogP contribution in [0.25, 0.3) is 0 Å². The van der Waals surface area contributed by atoms with E-state index < -0.39 is 6.10 Å². The fraction of sp³-hybridized carbons (Fsp3) is 0.729. The number of unbranched alkanes of at least 4 members (excludes halogenated alkanes) is 31. The van der Waals surface area contributed by atoms with Crippen molar-refractivity contribution in [1.29, 1.82) is 0 Å². The quantitative estimate of drug-likeness (QED) is 0.0261. The molecule has 0 rings (SSSR count). The van der Waals surface area contributed by atoms with Gasteiger partial charge in [-0.15, -0.1) is 0 Å². The first-order chi connectivity index (χ1) is 37.5. The highest BCUT2D eigenvalue weighted by atomic mass is 16.6. The number of hydrogen-bond donors (Lipinski definition) is 0. The third kappa shape index (κ3) is 61.2. The van der Waals surface area contributed by atoms with Crippen LogP contribution in [0.15, 0.2) is 97.2 Å². The largest absolute Gasteiger partial charge is 0.462 e. The maximum atomic E-state index is 12.8. The third-order valence-corrected chi connectivity index (χ3v) is 13.8. The molecule has 0 radical (unpaired) electrons. The Hall–Kier alpha value is -3.67. The van der Waals surface area contributed by atoms with Gasteiger partial charge in [-0.25, -0.2) is 0 Å². The molecule has 0 saturated carbocycles. The topological polar surface area (TPSA) is 78.9 Å². The summed E-state index contributed by atoms with van der Waals surface area (Å²) >= 11 is 0. The van der Waals surface area contributed by atoms with E-state index in [1.807, 2.05) is 0 Å². The average Bonchev–Trinajstić information content (AvgIpc) is 3.42. The number of hydrogen-bond acceptors (Lipinski definition) is 6. The molecule has 0 amide bonds. The van der Waals surface area contributed by atoms with Gasteiger partial charge in [0.1, 0.15) is 13.2 Å². The van der Waals surface area contributed by atoms with Crippen molar-refractivity contribution in [3.05, 3.63) is 97.2 Å². The number of ether oxygens (including phenoxy) is 3. The second kappa shape index (κ2) is 63.9. The number of esters is 3. The van der Waals surface area contributed by atoms with Crippen LogP contribution in [-0.2, 0) is 28.6 Å². The lowest BCUT2D eigenvalue weighted by molar-refractivity contribution is -0.167. The summed E-state index contributed by atoms with van der Waals surface area (Å²) in [4.78, 5) is 37.9. The van der Waals surface area contributed by atoms with Crippen LogP contribution in [0.3, 0.4) is 0 Å². The number of allylic oxidation sites excluding steroid dienone is 16. The van der Waals surface area contributed by atoms with Crippen molar-refractivity contribution >= 4 is 17.9 Å². The van der Waals surface area contributed by atoms with Crippen LogP contribution in [0, 0.1) is 0 Å². The van der Waals surface area contributed by atoms with Crippen LogP contribution in [0.2, 0.25) is 0 Å². The minimum absolute atomic E-state index is 0.0837. The molecule has 0 aliphatic carbocycles. The lowest BCUT2D eigenvalue weighted by Gasteiger charge is -2.18. The van der Waals surface area contributed by atoms with Crippen LogP contribution in [0.4, 0.5) is 0 Å². The Morgan fingerprint density at radius 2 is 0.513 bits per heavy atom. The SMILES string of the molecule is CC/C=C\C/C=C\C/C=C\C/C=C\CCCCCCCCCCCCCCCCCCCCCCCCC(=O)OCC(COC(=O)CCCCCCCC)OC(=O)CCCCCC/C=C\C/C=C\C/C=C\C/C=C\CC. The third-order valence-electron chi connectivity index (χ3n) is 13.8. The summed E-state index contributed by atoms with van der Waals surface area (Å²) in [6.07, 6.45) is 86.2. The van der Waals surface area contributed by atoms with E-state index in [9.17, 15) is 14.4 Å². The lowest BCUT2D eigenvalue weighted by atomic mass is 10.0. The van der Waals surface area contributed by atoms with Crippen LogP contribution < -0.4 is 0 Å². The predicted molar refractivity (Wildman–Crippen MR) is 330 cm³/mol. The van der Waals surface area contributed by atoms with Crippen molar-refractivity contribution in [3.8, 4) is 0 Å². The van der Waals surface area contributed by atoms with Gasteiger partial charge in [0.2, 0.25) is 0 Å². The van der Waals surface area contributed by atoms with Gasteiger partial charge in [-0.1, -0.05) is 291 Å². The Labute approximate surface area is 470 Å². The van der Waals surface area contributed by atoms with E-state index in [2.05, 4.69) is 118 Å². The Morgan fingerprint density at radius 3 is 0.803 bits per heavy atom. The van der Waals surface area contributed by atoms with Gasteiger partial charge in [0.15, 0.2) is 6.10 Å². The first-order valence-corrected chi connectivity index (χ1v) is 32.2. The molecule has 1 unspecified atom stereocenters. The van der Waals surface area contributed by atoms with Gasteiger partial charge in [-0.05, 0) is 96.3 Å². The molecule has 0 fully saturated rings. The smallest absolute Gasteiger partial charge is 0.306 e. The van der Waals surface area contributed by atoms with Gasteiger partial charge in [-0.3, -0.25) is 14.4 Å². The lowest BCUT2D eigenvalue weighted by Crippen LogP contribution is -2.30. The monoisotopic (exact) mass is 1060 g/mol. The van der Waals surface area contributed by atoms with E-state index in [-0.39, 0.29) is 31.1 Å². The average molecular weight is 1060 g/mol. The molecule has 436 valence electrons. The van der Waals surface area contributed by atoms with Crippen LogP contribution in [0.5, 0.6) is 0 Å². The van der Waals surface area contributed by atoms with Crippen molar-refractivity contribution in [2.75, 3.05) is 13.2 Å². The molecule has 0 bridgehead atoms. The van der Waals surface area contributed by atoms with Crippen molar-refractivity contribution in [2.45, 2.75) is 316 Å². The molecule has 76 heavy (non-hydrogen) atoms. The molecule has 0 N–H and O–H groups in total. The number of carbonyl (C=O) groups is 3. The first kappa shape index (κ1) is 72.3. The Kier molecular flexibility index (Phi) is 60.8. The van der Waals surface area contributed by atoms with Gasteiger partial charge in [0.25, 0.3) is 0 Å². The molecule has 0 spiro atoms. The summed E-state index contributed by atoms with van der Waals surface area (Å²) in [5, 5.41) is 0. The molecule has 6 nitrogen and oxygen atoms in total. The minimum atomic E-state index is -0.785. The zero-order valence-corrected chi connectivity index (χ0v) is 50.0. The van der Waals surface area contributed by atoms with Crippen LogP contribution in [0.1, 0.15) is 310 Å². The highest BCUT2D eigenvalue weighted by molar-refractivity contribution is 5.71. The van der Waals surface area contributed by atoms with E-state index in [4.69, 9.17) is 14.2 Å². The van der Waals surface area contributed by atoms with Crippen LogP contribution >= 0.6 is 0 Å². The summed E-state index contributed by atoms with van der Waals surface area (Å²) in [7, 11) is 0. The highest BCUT2D eigenvalue weighted by Crippen LogP contribution is 2.17. The van der Waals surface area contributed by atoms with E-state index in [0.29, 0.717) is 19.3 Å².